The molecule has 0 aliphatic heterocycles. The summed E-state index contributed by atoms with van der Waals surface area (Å²) in [4.78, 5) is 6.98. The quantitative estimate of drug-likeness (QED) is 0.841. The Morgan fingerprint density at radius 2 is 2.00 bits per heavy atom. The fourth-order valence-electron chi connectivity index (χ4n) is 1.64. The summed E-state index contributed by atoms with van der Waals surface area (Å²) >= 11 is 5.22. The van der Waals surface area contributed by atoms with Crippen LogP contribution in [0, 0.1) is 4.64 Å². The highest BCUT2D eigenvalue weighted by molar-refractivity contribution is 7.71. The summed E-state index contributed by atoms with van der Waals surface area (Å²) in [5, 5.41) is 0. The summed E-state index contributed by atoms with van der Waals surface area (Å²) in [5.74, 6) is 0.926. The predicted octanol–water partition coefficient (Wildman–Crippen LogP) is 3.35. The summed E-state index contributed by atoms with van der Waals surface area (Å²) < 4.78 is 6.40. The van der Waals surface area contributed by atoms with Gasteiger partial charge in [0.2, 0.25) is 0 Å². The van der Waals surface area contributed by atoms with Crippen LogP contribution >= 0.6 is 12.2 Å². The van der Waals surface area contributed by atoms with Gasteiger partial charge in [0.25, 0.3) is 0 Å². The Labute approximate surface area is 104 Å². The molecule has 1 heterocycles. The third-order valence-corrected chi connectivity index (χ3v) is 3.05. The van der Waals surface area contributed by atoms with Crippen LogP contribution in [0.4, 0.5) is 0 Å². The van der Waals surface area contributed by atoms with Gasteiger partial charge in [-0.15, -0.1) is 0 Å². The van der Waals surface area contributed by atoms with Crippen molar-refractivity contribution < 1.29 is 4.74 Å². The first-order valence-corrected chi connectivity index (χ1v) is 6.03. The topological polar surface area (TPSA) is 37.9 Å². The number of aromatic amines is 1. The number of benzene rings is 1. The maximum absolute atomic E-state index is 5.70. The van der Waals surface area contributed by atoms with Crippen molar-refractivity contribution >= 4 is 12.2 Å². The Hall–Kier alpha value is -1.68. The van der Waals surface area contributed by atoms with Crippen LogP contribution in [0.1, 0.15) is 12.8 Å². The molecule has 0 spiro atoms. The molecule has 1 aliphatic rings. The van der Waals surface area contributed by atoms with Gasteiger partial charge < -0.3 is 9.72 Å². The van der Waals surface area contributed by atoms with Crippen molar-refractivity contribution in [2.75, 3.05) is 0 Å². The van der Waals surface area contributed by atoms with Gasteiger partial charge in [-0.1, -0.05) is 24.4 Å². The molecule has 2 aromatic rings. The minimum absolute atomic E-state index is 0.432. The van der Waals surface area contributed by atoms with E-state index in [1.54, 1.807) is 12.5 Å². The number of hydrogen-bond donors (Lipinski definition) is 1. The smallest absolute Gasteiger partial charge is 0.119 e. The normalized spacial score (nSPS) is 14.6. The Kier molecular flexibility index (Phi) is 2.65. The molecule has 0 unspecified atom stereocenters. The van der Waals surface area contributed by atoms with Crippen LogP contribution in [0.5, 0.6) is 5.75 Å². The van der Waals surface area contributed by atoms with Gasteiger partial charge in [-0.2, -0.15) is 0 Å². The number of nitrogens with zero attached hydrogens (tertiary/aromatic N) is 1. The summed E-state index contributed by atoms with van der Waals surface area (Å²) in [6.07, 6.45) is 6.15. The van der Waals surface area contributed by atoms with Crippen molar-refractivity contribution in [2.45, 2.75) is 18.9 Å². The molecule has 1 aliphatic carbocycles. The Morgan fingerprint density at radius 3 is 2.65 bits per heavy atom. The number of rotatable bonds is 3. The Balaban J connectivity index is 1.88. The van der Waals surface area contributed by atoms with Crippen molar-refractivity contribution in [2.24, 2.45) is 0 Å². The fourth-order valence-corrected chi connectivity index (χ4v) is 1.86. The highest BCUT2D eigenvalue weighted by Crippen LogP contribution is 2.28. The zero-order chi connectivity index (χ0) is 11.7. The van der Waals surface area contributed by atoms with E-state index in [0.717, 1.165) is 16.9 Å². The average Bonchev–Trinajstić information content (AvgIpc) is 3.15. The van der Waals surface area contributed by atoms with Crippen LogP contribution in [0.3, 0.4) is 0 Å². The lowest BCUT2D eigenvalue weighted by atomic mass is 10.1. The first-order valence-electron chi connectivity index (χ1n) is 5.63. The van der Waals surface area contributed by atoms with E-state index in [9.17, 15) is 0 Å². The summed E-state index contributed by atoms with van der Waals surface area (Å²) in [6, 6.07) is 7.99. The first-order chi connectivity index (χ1) is 8.33. The van der Waals surface area contributed by atoms with Gasteiger partial charge in [-0.25, -0.2) is 4.98 Å². The van der Waals surface area contributed by atoms with Crippen LogP contribution in [0.15, 0.2) is 36.8 Å². The molecule has 1 aromatic heterocycles. The van der Waals surface area contributed by atoms with Crippen molar-refractivity contribution in [3.63, 3.8) is 0 Å². The van der Waals surface area contributed by atoms with Gasteiger partial charge in [0.15, 0.2) is 0 Å². The van der Waals surface area contributed by atoms with E-state index in [-0.39, 0.29) is 0 Å². The summed E-state index contributed by atoms with van der Waals surface area (Å²) in [7, 11) is 0. The Bertz CT molecular complexity index is 572. The molecular weight excluding hydrogens is 232 g/mol. The van der Waals surface area contributed by atoms with E-state index in [4.69, 9.17) is 17.0 Å². The van der Waals surface area contributed by atoms with Crippen LogP contribution in [0.2, 0.25) is 0 Å². The van der Waals surface area contributed by atoms with Crippen LogP contribution < -0.4 is 4.74 Å². The lowest BCUT2D eigenvalue weighted by Crippen LogP contribution is -1.95. The number of ether oxygens (including phenoxy) is 1. The lowest BCUT2D eigenvalue weighted by Gasteiger charge is -2.05. The molecule has 0 radical (unpaired) electrons. The van der Waals surface area contributed by atoms with Crippen molar-refractivity contribution in [3.05, 3.63) is 41.4 Å². The molecule has 3 rings (SSSR count). The number of hydrogen-bond acceptors (Lipinski definition) is 3. The number of nitrogens with one attached hydrogen (secondary N) is 1. The second kappa shape index (κ2) is 4.30. The maximum atomic E-state index is 5.70. The molecule has 0 saturated heterocycles. The lowest BCUT2D eigenvalue weighted by molar-refractivity contribution is 0.303. The molecule has 0 bridgehead atoms. The van der Waals surface area contributed by atoms with E-state index >= 15 is 0 Å². The molecule has 17 heavy (non-hydrogen) atoms. The zero-order valence-electron chi connectivity index (χ0n) is 9.22. The van der Waals surface area contributed by atoms with Crippen molar-refractivity contribution in [3.8, 4) is 16.9 Å². The third kappa shape index (κ3) is 2.36. The fraction of sp³-hybridized carbons (Fsp3) is 0.231. The largest absolute Gasteiger partial charge is 0.490 e. The monoisotopic (exact) mass is 244 g/mol. The van der Waals surface area contributed by atoms with Gasteiger partial charge in [0.05, 0.1) is 12.4 Å². The van der Waals surface area contributed by atoms with E-state index < -0.39 is 0 Å². The zero-order valence-corrected chi connectivity index (χ0v) is 10.0. The second-order valence-corrected chi connectivity index (χ2v) is 4.54. The number of aromatic nitrogens is 2. The molecule has 3 nitrogen and oxygen atoms in total. The summed E-state index contributed by atoms with van der Waals surface area (Å²) in [6.45, 7) is 0. The average molecular weight is 244 g/mol. The third-order valence-electron chi connectivity index (χ3n) is 2.71. The molecule has 86 valence electrons. The molecular formula is C13H12N2OS. The summed E-state index contributed by atoms with van der Waals surface area (Å²) in [5.41, 5.74) is 2.00. The van der Waals surface area contributed by atoms with Crippen LogP contribution in [0.25, 0.3) is 11.1 Å². The van der Waals surface area contributed by atoms with Gasteiger partial charge in [0.1, 0.15) is 10.4 Å². The van der Waals surface area contributed by atoms with E-state index in [1.807, 2.05) is 24.3 Å². The Morgan fingerprint density at radius 1 is 1.24 bits per heavy atom. The number of H-pyrrole nitrogens is 1. The minimum atomic E-state index is 0.432. The van der Waals surface area contributed by atoms with Crippen molar-refractivity contribution in [1.82, 2.24) is 9.97 Å². The van der Waals surface area contributed by atoms with E-state index in [0.29, 0.717) is 10.7 Å². The second-order valence-electron chi connectivity index (χ2n) is 4.14. The molecule has 1 fully saturated rings. The SMILES string of the molecule is S=c1[nH]cncc1-c1ccc(OC2CC2)cc1. The van der Waals surface area contributed by atoms with Gasteiger partial charge >= 0.3 is 0 Å². The molecule has 0 amide bonds. The molecule has 1 aromatic carbocycles. The van der Waals surface area contributed by atoms with Gasteiger partial charge in [-0.05, 0) is 30.5 Å². The predicted molar refractivity (Wildman–Crippen MR) is 68.5 cm³/mol. The molecule has 1 saturated carbocycles. The van der Waals surface area contributed by atoms with Crippen molar-refractivity contribution in [1.29, 1.82) is 0 Å². The van der Waals surface area contributed by atoms with Gasteiger partial charge in [0, 0.05) is 11.8 Å². The minimum Gasteiger partial charge on any atom is -0.490 e. The maximum Gasteiger partial charge on any atom is 0.119 e. The molecule has 0 atom stereocenters. The van der Waals surface area contributed by atoms with Crippen LogP contribution in [-0.2, 0) is 0 Å². The standard InChI is InChI=1S/C13H12N2OS/c17-13-12(7-14-8-15-13)9-1-3-10(4-2-9)16-11-5-6-11/h1-4,7-8,11H,5-6H2,(H,14,15,17). The molecule has 1 N–H and O–H groups in total. The highest BCUT2D eigenvalue weighted by Gasteiger charge is 2.23. The molecule has 4 heteroatoms. The van der Waals surface area contributed by atoms with Gasteiger partial charge in [-0.3, -0.25) is 0 Å². The van der Waals surface area contributed by atoms with E-state index in [2.05, 4.69) is 9.97 Å². The highest BCUT2D eigenvalue weighted by atomic mass is 32.1. The van der Waals surface area contributed by atoms with E-state index in [1.165, 1.54) is 12.8 Å². The first kappa shape index (κ1) is 10.5. The van der Waals surface area contributed by atoms with Crippen LogP contribution in [-0.4, -0.2) is 16.1 Å².